The van der Waals surface area contributed by atoms with Gasteiger partial charge in [-0.1, -0.05) is 46.9 Å². The Morgan fingerprint density at radius 1 is 1.00 bits per heavy atom. The summed E-state index contributed by atoms with van der Waals surface area (Å²) >= 11 is 18.8. The first-order chi connectivity index (χ1) is 15.2. The molecule has 32 heavy (non-hydrogen) atoms. The van der Waals surface area contributed by atoms with E-state index in [0.29, 0.717) is 33.3 Å². The van der Waals surface area contributed by atoms with E-state index < -0.39 is 0 Å². The van der Waals surface area contributed by atoms with Crippen molar-refractivity contribution >= 4 is 57.5 Å². The van der Waals surface area contributed by atoms with Crippen molar-refractivity contribution in [1.29, 1.82) is 0 Å². The quantitative estimate of drug-likeness (QED) is 0.317. The molecule has 0 radical (unpaired) electrons. The zero-order valence-electron chi connectivity index (χ0n) is 17.6. The Balaban J connectivity index is 1.49. The fraction of sp³-hybridized carbons (Fsp3) is 0.167. The molecule has 8 heteroatoms. The Bertz CT molecular complexity index is 1320. The number of carbonyl (C=O) groups excluding carboxylic acids is 1. The number of aryl methyl sites for hydroxylation is 1. The predicted octanol–water partition coefficient (Wildman–Crippen LogP) is 7.40. The number of hydrogen-bond acceptors (Lipinski definition) is 4. The number of anilines is 1. The molecule has 1 heterocycles. The van der Waals surface area contributed by atoms with Crippen LogP contribution < -0.4 is 10.1 Å². The molecule has 164 valence electrons. The van der Waals surface area contributed by atoms with Gasteiger partial charge in [-0.05, 0) is 67.8 Å². The van der Waals surface area contributed by atoms with E-state index in [0.717, 1.165) is 16.6 Å². The second kappa shape index (κ2) is 9.02. The van der Waals surface area contributed by atoms with E-state index in [-0.39, 0.29) is 28.3 Å². The van der Waals surface area contributed by atoms with Gasteiger partial charge in [0.2, 0.25) is 5.89 Å². The van der Waals surface area contributed by atoms with E-state index in [1.807, 2.05) is 37.3 Å². The van der Waals surface area contributed by atoms with E-state index in [4.69, 9.17) is 44.0 Å². The summed E-state index contributed by atoms with van der Waals surface area (Å²) in [5.74, 6) is 0.342. The Kier molecular flexibility index (Phi) is 6.33. The van der Waals surface area contributed by atoms with Crippen LogP contribution in [0.3, 0.4) is 0 Å². The molecule has 0 unspecified atom stereocenters. The van der Waals surface area contributed by atoms with Crippen LogP contribution in [0, 0.1) is 20.8 Å². The van der Waals surface area contributed by atoms with E-state index >= 15 is 0 Å². The maximum atomic E-state index is 12.5. The maximum Gasteiger partial charge on any atom is 0.262 e. The lowest BCUT2D eigenvalue weighted by atomic mass is 10.1. The molecule has 0 spiro atoms. The van der Waals surface area contributed by atoms with Crippen LogP contribution in [-0.4, -0.2) is 17.5 Å². The van der Waals surface area contributed by atoms with Gasteiger partial charge in [0.25, 0.3) is 5.91 Å². The van der Waals surface area contributed by atoms with Crippen LogP contribution in [0.1, 0.15) is 16.7 Å². The topological polar surface area (TPSA) is 64.4 Å². The number of fused-ring (bicyclic) bond motifs is 1. The van der Waals surface area contributed by atoms with Gasteiger partial charge >= 0.3 is 0 Å². The smallest absolute Gasteiger partial charge is 0.262 e. The normalized spacial score (nSPS) is 11.1. The van der Waals surface area contributed by atoms with Gasteiger partial charge in [0.05, 0.1) is 10.0 Å². The molecule has 3 aromatic carbocycles. The molecule has 0 aliphatic carbocycles. The monoisotopic (exact) mass is 488 g/mol. The number of nitrogens with zero attached hydrogens (tertiary/aromatic N) is 1. The predicted molar refractivity (Wildman–Crippen MR) is 129 cm³/mol. The van der Waals surface area contributed by atoms with Gasteiger partial charge in [-0.15, -0.1) is 0 Å². The molecular weight excluding hydrogens is 471 g/mol. The first kappa shape index (κ1) is 22.5. The summed E-state index contributed by atoms with van der Waals surface area (Å²) in [6, 6.07) is 13.0. The molecule has 5 nitrogen and oxygen atoms in total. The van der Waals surface area contributed by atoms with E-state index in [2.05, 4.69) is 10.3 Å². The lowest BCUT2D eigenvalue weighted by Crippen LogP contribution is -2.20. The average Bonchev–Trinajstić information content (AvgIpc) is 3.20. The number of rotatable bonds is 5. The minimum absolute atomic E-state index is 0.235. The van der Waals surface area contributed by atoms with E-state index in [9.17, 15) is 4.79 Å². The number of halogens is 3. The lowest BCUT2D eigenvalue weighted by Gasteiger charge is -2.15. The highest BCUT2D eigenvalue weighted by Gasteiger charge is 2.19. The van der Waals surface area contributed by atoms with Crippen molar-refractivity contribution in [1.82, 2.24) is 4.98 Å². The first-order valence-corrected chi connectivity index (χ1v) is 10.9. The molecule has 1 aromatic heterocycles. The van der Waals surface area contributed by atoms with Crippen LogP contribution in [0.15, 0.2) is 46.9 Å². The number of amides is 1. The second-order valence-electron chi connectivity index (χ2n) is 7.43. The molecular formula is C24H19Cl3N2O3. The zero-order valence-corrected chi connectivity index (χ0v) is 19.8. The molecule has 0 atom stereocenters. The molecule has 0 aliphatic rings. The van der Waals surface area contributed by atoms with Crippen molar-refractivity contribution in [3.8, 4) is 17.2 Å². The molecule has 4 aromatic rings. The van der Waals surface area contributed by atoms with Crippen molar-refractivity contribution < 1.29 is 13.9 Å². The van der Waals surface area contributed by atoms with E-state index in [1.54, 1.807) is 26.0 Å². The molecule has 0 aliphatic heterocycles. The van der Waals surface area contributed by atoms with Gasteiger partial charge in [0.1, 0.15) is 5.52 Å². The highest BCUT2D eigenvalue weighted by molar-refractivity contribution is 6.42. The highest BCUT2D eigenvalue weighted by Crippen LogP contribution is 2.42. The molecule has 0 saturated carbocycles. The lowest BCUT2D eigenvalue weighted by molar-refractivity contribution is -0.118. The van der Waals surface area contributed by atoms with Crippen molar-refractivity contribution in [2.45, 2.75) is 20.8 Å². The van der Waals surface area contributed by atoms with Crippen molar-refractivity contribution in [3.05, 3.63) is 74.2 Å². The Labute approximate surface area is 200 Å². The number of nitrogens with one attached hydrogen (secondary N) is 1. The largest absolute Gasteiger partial charge is 0.481 e. The second-order valence-corrected chi connectivity index (χ2v) is 8.56. The Hall–Kier alpha value is -2.73. The summed E-state index contributed by atoms with van der Waals surface area (Å²) in [6.07, 6.45) is 0. The van der Waals surface area contributed by atoms with Crippen LogP contribution in [0.25, 0.3) is 22.6 Å². The van der Waals surface area contributed by atoms with Crippen molar-refractivity contribution in [2.75, 3.05) is 11.9 Å². The molecule has 4 rings (SSSR count). The van der Waals surface area contributed by atoms with Gasteiger partial charge in [-0.2, -0.15) is 0 Å². The minimum Gasteiger partial charge on any atom is -0.481 e. The molecule has 1 N–H and O–H groups in total. The number of hydrogen-bond donors (Lipinski definition) is 1. The summed E-state index contributed by atoms with van der Waals surface area (Å²) in [4.78, 5) is 17.0. The van der Waals surface area contributed by atoms with Gasteiger partial charge in [0, 0.05) is 16.3 Å². The number of oxazole rings is 1. The standard InChI is InChI=1S/C24H19Cl3N2O3/c1-12-7-8-18-17(9-12)29-24(32-18)15-5-4-6-16(10-15)28-19(30)11-31-23-21(26)13(2)20(25)14(3)22(23)27/h4-10H,11H2,1-3H3,(H,28,30). The van der Waals surface area contributed by atoms with Crippen LogP contribution in [-0.2, 0) is 4.79 Å². The zero-order chi connectivity index (χ0) is 23.0. The van der Waals surface area contributed by atoms with Crippen LogP contribution in [0.2, 0.25) is 15.1 Å². The summed E-state index contributed by atoms with van der Waals surface area (Å²) in [6.45, 7) is 5.26. The summed E-state index contributed by atoms with van der Waals surface area (Å²) in [5.41, 5.74) is 5.20. The van der Waals surface area contributed by atoms with Gasteiger partial charge in [-0.3, -0.25) is 4.79 Å². The summed E-state index contributed by atoms with van der Waals surface area (Å²) < 4.78 is 11.5. The summed E-state index contributed by atoms with van der Waals surface area (Å²) in [5, 5.41) is 3.84. The minimum atomic E-state index is -0.368. The van der Waals surface area contributed by atoms with Crippen LogP contribution in [0.4, 0.5) is 5.69 Å². The van der Waals surface area contributed by atoms with Crippen LogP contribution >= 0.6 is 34.8 Å². The Morgan fingerprint density at radius 2 is 1.72 bits per heavy atom. The fourth-order valence-corrected chi connectivity index (χ4v) is 4.08. The number of benzene rings is 3. The van der Waals surface area contributed by atoms with Gasteiger partial charge in [-0.25, -0.2) is 4.98 Å². The molecule has 0 saturated heterocycles. The third kappa shape index (κ3) is 4.42. The molecule has 1 amide bonds. The SMILES string of the molecule is Cc1ccc2oc(-c3cccc(NC(=O)COc4c(Cl)c(C)c(Cl)c(C)c4Cl)c3)nc2c1. The van der Waals surface area contributed by atoms with Gasteiger partial charge in [0.15, 0.2) is 17.9 Å². The van der Waals surface area contributed by atoms with E-state index in [1.165, 1.54) is 0 Å². The number of aromatic nitrogens is 1. The van der Waals surface area contributed by atoms with Crippen molar-refractivity contribution in [2.24, 2.45) is 0 Å². The maximum absolute atomic E-state index is 12.5. The highest BCUT2D eigenvalue weighted by atomic mass is 35.5. The molecule has 0 bridgehead atoms. The summed E-state index contributed by atoms with van der Waals surface area (Å²) in [7, 11) is 0. The number of ether oxygens (including phenoxy) is 1. The fourth-order valence-electron chi connectivity index (χ4n) is 3.26. The first-order valence-electron chi connectivity index (χ1n) is 9.78. The van der Waals surface area contributed by atoms with Crippen LogP contribution in [0.5, 0.6) is 5.75 Å². The Morgan fingerprint density at radius 3 is 2.44 bits per heavy atom. The average molecular weight is 490 g/mol. The van der Waals surface area contributed by atoms with Gasteiger partial charge < -0.3 is 14.5 Å². The van der Waals surface area contributed by atoms with Crippen molar-refractivity contribution in [3.63, 3.8) is 0 Å². The third-order valence-electron chi connectivity index (χ3n) is 5.00. The molecule has 0 fully saturated rings. The third-order valence-corrected chi connectivity index (χ3v) is 6.48. The number of carbonyl (C=O) groups is 1.